The molecule has 0 aliphatic rings. The molecule has 22 heavy (non-hydrogen) atoms. The van der Waals surface area contributed by atoms with Gasteiger partial charge < -0.3 is 4.90 Å². The predicted octanol–water partition coefficient (Wildman–Crippen LogP) is 2.66. The van der Waals surface area contributed by atoms with Crippen molar-refractivity contribution in [3.8, 4) is 0 Å². The number of nitrogens with zero attached hydrogens (tertiary/aromatic N) is 2. The third-order valence-electron chi connectivity index (χ3n) is 3.10. The molecular weight excluding hydrogens is 332 g/mol. The summed E-state index contributed by atoms with van der Waals surface area (Å²) in [7, 11) is -2.64. The summed E-state index contributed by atoms with van der Waals surface area (Å²) >= 11 is 5.71. The minimum absolute atomic E-state index is 0.0665. The molecule has 7 nitrogen and oxygen atoms in total. The number of unbranched alkanes of at least 4 members (excludes halogenated alkanes) is 4. The van der Waals surface area contributed by atoms with Crippen molar-refractivity contribution in [3.05, 3.63) is 0 Å². The van der Waals surface area contributed by atoms with E-state index in [9.17, 15) is 18.0 Å². The molecule has 0 aromatic rings. The maximum Gasteiger partial charge on any atom is 0.341 e. The van der Waals surface area contributed by atoms with Crippen LogP contribution in [0.4, 0.5) is 4.79 Å². The molecule has 0 atom stereocenters. The minimum atomic E-state index is -4.05. The van der Waals surface area contributed by atoms with Crippen molar-refractivity contribution < 1.29 is 22.6 Å². The predicted molar refractivity (Wildman–Crippen MR) is 85.1 cm³/mol. The Kier molecular flexibility index (Phi) is 10.4. The summed E-state index contributed by atoms with van der Waals surface area (Å²) in [5.74, 6) is -0.914. The van der Waals surface area contributed by atoms with Crippen LogP contribution in [-0.2, 0) is 14.9 Å². The van der Waals surface area contributed by atoms with E-state index in [1.807, 2.05) is 0 Å². The first-order chi connectivity index (χ1) is 10.2. The Morgan fingerprint density at radius 2 is 1.68 bits per heavy atom. The van der Waals surface area contributed by atoms with Gasteiger partial charge in [0, 0.05) is 31.8 Å². The lowest BCUT2D eigenvalue weighted by Crippen LogP contribution is -2.39. The van der Waals surface area contributed by atoms with E-state index in [-0.39, 0.29) is 19.4 Å². The first-order valence-electron chi connectivity index (χ1n) is 7.38. The Morgan fingerprint density at radius 1 is 1.09 bits per heavy atom. The summed E-state index contributed by atoms with van der Waals surface area (Å²) in [6.07, 6.45) is 5.16. The van der Waals surface area contributed by atoms with E-state index < -0.39 is 27.8 Å². The zero-order valence-corrected chi connectivity index (χ0v) is 14.7. The second-order valence-corrected chi connectivity index (χ2v) is 7.09. The van der Waals surface area contributed by atoms with Gasteiger partial charge in [-0.3, -0.25) is 9.35 Å². The van der Waals surface area contributed by atoms with Crippen molar-refractivity contribution >= 4 is 33.8 Å². The van der Waals surface area contributed by atoms with E-state index in [1.165, 1.54) is 7.05 Å². The lowest BCUT2D eigenvalue weighted by molar-refractivity contribution is -0.125. The second-order valence-electron chi connectivity index (χ2n) is 5.18. The summed E-state index contributed by atoms with van der Waals surface area (Å²) in [5, 5.41) is 0. The van der Waals surface area contributed by atoms with E-state index in [1.54, 1.807) is 0 Å². The zero-order chi connectivity index (χ0) is 17.2. The highest BCUT2D eigenvalue weighted by Crippen LogP contribution is 2.10. The van der Waals surface area contributed by atoms with E-state index in [4.69, 9.17) is 16.3 Å². The quantitative estimate of drug-likeness (QED) is 0.369. The van der Waals surface area contributed by atoms with Crippen LogP contribution < -0.4 is 0 Å². The Bertz CT molecular complexity index is 455. The molecule has 0 aromatic carbocycles. The Balaban J connectivity index is 4.09. The Morgan fingerprint density at radius 3 is 2.23 bits per heavy atom. The van der Waals surface area contributed by atoms with Gasteiger partial charge in [0.15, 0.2) is 0 Å². The van der Waals surface area contributed by atoms with E-state index in [2.05, 4.69) is 6.92 Å². The van der Waals surface area contributed by atoms with Gasteiger partial charge >= 0.3 is 6.03 Å². The average Bonchev–Trinajstić information content (AvgIpc) is 2.43. The van der Waals surface area contributed by atoms with Crippen molar-refractivity contribution in [2.45, 2.75) is 51.9 Å². The van der Waals surface area contributed by atoms with Crippen LogP contribution in [0.3, 0.4) is 0 Å². The number of urea groups is 1. The van der Waals surface area contributed by atoms with Gasteiger partial charge in [-0.15, -0.1) is 0 Å². The molecule has 0 rings (SSSR count). The lowest BCUT2D eigenvalue weighted by Gasteiger charge is -2.21. The van der Waals surface area contributed by atoms with E-state index in [0.717, 1.165) is 30.6 Å². The van der Waals surface area contributed by atoms with Gasteiger partial charge in [-0.25, -0.2) is 4.79 Å². The molecule has 0 heterocycles. The van der Waals surface area contributed by atoms with Gasteiger partial charge in [0.2, 0.25) is 5.91 Å². The molecule has 0 saturated carbocycles. The molecule has 130 valence electrons. The molecule has 0 aliphatic heterocycles. The van der Waals surface area contributed by atoms with Gasteiger partial charge in [0.1, 0.15) is 0 Å². The standard InChI is InChI=1S/C13H25ClN2O5S/c1-3-4-5-6-7-9-12(17)16(14)13(18)15(2)10-8-11-22(19,20)21/h3-11H2,1-2H3,(H,19,20,21). The number of amides is 3. The molecule has 9 heteroatoms. The Labute approximate surface area is 137 Å². The van der Waals surface area contributed by atoms with Gasteiger partial charge in [-0.05, 0) is 12.8 Å². The fraction of sp³-hybridized carbons (Fsp3) is 0.846. The van der Waals surface area contributed by atoms with Gasteiger partial charge in [-0.2, -0.15) is 12.8 Å². The summed E-state index contributed by atoms with van der Waals surface area (Å²) in [6, 6.07) is -0.699. The second kappa shape index (κ2) is 10.8. The maximum atomic E-state index is 11.9. The molecule has 3 amide bonds. The molecule has 0 fully saturated rings. The van der Waals surface area contributed by atoms with Crippen molar-refractivity contribution in [2.75, 3.05) is 19.3 Å². The highest BCUT2D eigenvalue weighted by molar-refractivity contribution is 7.85. The van der Waals surface area contributed by atoms with Crippen LogP contribution in [0.5, 0.6) is 0 Å². The summed E-state index contributed by atoms with van der Waals surface area (Å²) in [5.41, 5.74) is 0. The monoisotopic (exact) mass is 356 g/mol. The lowest BCUT2D eigenvalue weighted by atomic mass is 10.1. The van der Waals surface area contributed by atoms with Crippen molar-refractivity contribution in [1.82, 2.24) is 9.32 Å². The van der Waals surface area contributed by atoms with Crippen LogP contribution >= 0.6 is 11.8 Å². The number of carbonyl (C=O) groups excluding carboxylic acids is 2. The first kappa shape index (κ1) is 21.1. The topological polar surface area (TPSA) is 95.0 Å². The molecular formula is C13H25ClN2O5S. The van der Waals surface area contributed by atoms with Crippen LogP contribution in [0.1, 0.15) is 51.9 Å². The minimum Gasteiger partial charge on any atom is -0.326 e. The number of carbonyl (C=O) groups is 2. The molecule has 0 spiro atoms. The fourth-order valence-corrected chi connectivity index (χ4v) is 2.52. The average molecular weight is 357 g/mol. The third kappa shape index (κ3) is 9.97. The highest BCUT2D eigenvalue weighted by atomic mass is 35.5. The molecule has 0 saturated heterocycles. The van der Waals surface area contributed by atoms with Gasteiger partial charge in [0.25, 0.3) is 10.1 Å². The molecule has 0 radical (unpaired) electrons. The van der Waals surface area contributed by atoms with E-state index in [0.29, 0.717) is 10.8 Å². The smallest absolute Gasteiger partial charge is 0.326 e. The number of hydrogen-bond donors (Lipinski definition) is 1. The molecule has 0 aliphatic carbocycles. The first-order valence-corrected chi connectivity index (χ1v) is 9.32. The highest BCUT2D eigenvalue weighted by Gasteiger charge is 2.22. The maximum absolute atomic E-state index is 11.9. The Hall–Kier alpha value is -0.860. The zero-order valence-electron chi connectivity index (χ0n) is 13.1. The fourth-order valence-electron chi connectivity index (χ4n) is 1.81. The van der Waals surface area contributed by atoms with Crippen LogP contribution in [-0.4, -0.2) is 53.6 Å². The summed E-state index contributed by atoms with van der Waals surface area (Å²) < 4.78 is 30.3. The van der Waals surface area contributed by atoms with Crippen molar-refractivity contribution in [1.29, 1.82) is 0 Å². The number of imide groups is 1. The van der Waals surface area contributed by atoms with Crippen LogP contribution in [0.15, 0.2) is 0 Å². The van der Waals surface area contributed by atoms with Crippen LogP contribution in [0, 0.1) is 0 Å². The van der Waals surface area contributed by atoms with Crippen LogP contribution in [0.25, 0.3) is 0 Å². The van der Waals surface area contributed by atoms with Crippen molar-refractivity contribution in [2.24, 2.45) is 0 Å². The molecule has 0 unspecified atom stereocenters. The molecule has 0 aromatic heterocycles. The van der Waals surface area contributed by atoms with Crippen molar-refractivity contribution in [3.63, 3.8) is 0 Å². The molecule has 1 N–H and O–H groups in total. The largest absolute Gasteiger partial charge is 0.341 e. The number of halogens is 1. The normalized spacial score (nSPS) is 11.3. The molecule has 0 bridgehead atoms. The van der Waals surface area contributed by atoms with Gasteiger partial charge in [-0.1, -0.05) is 32.6 Å². The number of rotatable bonds is 10. The third-order valence-corrected chi connectivity index (χ3v) is 4.24. The van der Waals surface area contributed by atoms with Gasteiger partial charge in [0.05, 0.1) is 5.75 Å². The number of hydrogen-bond acceptors (Lipinski definition) is 4. The SMILES string of the molecule is CCCCCCCC(=O)N(Cl)C(=O)N(C)CCCS(=O)(=O)O. The van der Waals surface area contributed by atoms with Crippen LogP contribution in [0.2, 0.25) is 0 Å². The summed E-state index contributed by atoms with van der Waals surface area (Å²) in [6.45, 7) is 2.17. The summed E-state index contributed by atoms with van der Waals surface area (Å²) in [4.78, 5) is 24.8. The van der Waals surface area contributed by atoms with E-state index >= 15 is 0 Å².